The molecule has 45 heavy (non-hydrogen) atoms. The third-order valence-corrected chi connectivity index (χ3v) is 9.33. The molecule has 2 amide bonds. The zero-order chi connectivity index (χ0) is 32.2. The fourth-order valence-electron chi connectivity index (χ4n) is 7.03. The number of allylic oxidation sites excluding steroid dienone is 2. The standard InChI is InChI=1S/C36H38N2O4.C3H6/c1-22(2)36(41)42-20-19-37(25-11-6-5-7-12-25)31-18-17-30-33-28(31)15-10-16-29(33)34(39)38(35(30)40)32-21-23(3)24(4)26-13-8-9-14-27(26)32;1-3-2/h8-10,13-18,25,32H,1,5-7,11-12,19-21H2,2-4H3;3H,1H2,2H3. The van der Waals surface area contributed by atoms with E-state index in [9.17, 15) is 14.4 Å². The molecule has 1 unspecified atom stereocenters. The lowest BCUT2D eigenvalue weighted by molar-refractivity contribution is -0.138. The van der Waals surface area contributed by atoms with E-state index in [-0.39, 0.29) is 24.5 Å². The topological polar surface area (TPSA) is 66.9 Å². The van der Waals surface area contributed by atoms with E-state index in [0.717, 1.165) is 47.9 Å². The van der Waals surface area contributed by atoms with Gasteiger partial charge >= 0.3 is 5.97 Å². The first-order chi connectivity index (χ1) is 21.7. The number of anilines is 1. The second-order valence-corrected chi connectivity index (χ2v) is 12.4. The van der Waals surface area contributed by atoms with Crippen LogP contribution in [0.3, 0.4) is 0 Å². The number of carbonyl (C=O) groups is 3. The van der Waals surface area contributed by atoms with Gasteiger partial charge in [-0.3, -0.25) is 14.5 Å². The second-order valence-electron chi connectivity index (χ2n) is 12.4. The van der Waals surface area contributed by atoms with E-state index in [1.807, 2.05) is 55.5 Å². The summed E-state index contributed by atoms with van der Waals surface area (Å²) in [5.74, 6) is -0.889. The monoisotopic (exact) mass is 604 g/mol. The van der Waals surface area contributed by atoms with E-state index in [2.05, 4.69) is 38.0 Å². The molecule has 0 bridgehead atoms. The molecule has 1 aliphatic heterocycles. The maximum Gasteiger partial charge on any atom is 0.333 e. The van der Waals surface area contributed by atoms with Gasteiger partial charge in [0.15, 0.2) is 0 Å². The number of benzene rings is 3. The van der Waals surface area contributed by atoms with Crippen molar-refractivity contribution in [2.45, 2.75) is 78.3 Å². The Hall–Kier alpha value is -4.45. The van der Waals surface area contributed by atoms with Crippen molar-refractivity contribution in [3.05, 3.63) is 107 Å². The Morgan fingerprint density at radius 2 is 1.60 bits per heavy atom. The minimum Gasteiger partial charge on any atom is -0.460 e. The van der Waals surface area contributed by atoms with Crippen LogP contribution in [0.25, 0.3) is 16.3 Å². The summed E-state index contributed by atoms with van der Waals surface area (Å²) in [6.07, 6.45) is 8.00. The van der Waals surface area contributed by atoms with Crippen molar-refractivity contribution in [1.29, 1.82) is 0 Å². The molecule has 1 heterocycles. The molecule has 3 aromatic rings. The summed E-state index contributed by atoms with van der Waals surface area (Å²) in [7, 11) is 0. The molecular formula is C39H44N2O4. The Labute approximate surface area is 267 Å². The van der Waals surface area contributed by atoms with E-state index in [1.54, 1.807) is 13.0 Å². The molecule has 0 aromatic heterocycles. The van der Waals surface area contributed by atoms with Crippen molar-refractivity contribution in [3.63, 3.8) is 0 Å². The van der Waals surface area contributed by atoms with Crippen molar-refractivity contribution < 1.29 is 19.1 Å². The number of amides is 2. The van der Waals surface area contributed by atoms with Crippen LogP contribution in [0.2, 0.25) is 0 Å². The van der Waals surface area contributed by atoms with Crippen LogP contribution in [0.5, 0.6) is 0 Å². The SMILES string of the molecule is C=C(C)C(=O)OCCN(c1ccc2c3c(cccc13)C(=O)N(C1CC(C)=C(C)c3ccccc31)C2=O)C1CCCCC1.C=CC. The van der Waals surface area contributed by atoms with Gasteiger partial charge < -0.3 is 9.64 Å². The van der Waals surface area contributed by atoms with E-state index in [0.29, 0.717) is 41.1 Å². The van der Waals surface area contributed by atoms with Crippen LogP contribution in [0, 0.1) is 0 Å². The molecule has 2 aliphatic carbocycles. The third-order valence-electron chi connectivity index (χ3n) is 9.33. The Morgan fingerprint density at radius 1 is 0.956 bits per heavy atom. The fourth-order valence-corrected chi connectivity index (χ4v) is 7.03. The number of esters is 1. The molecule has 0 N–H and O–H groups in total. The summed E-state index contributed by atoms with van der Waals surface area (Å²) in [5.41, 5.74) is 6.98. The number of rotatable bonds is 7. The predicted molar refractivity (Wildman–Crippen MR) is 182 cm³/mol. The molecule has 1 fully saturated rings. The summed E-state index contributed by atoms with van der Waals surface area (Å²) >= 11 is 0. The summed E-state index contributed by atoms with van der Waals surface area (Å²) in [6, 6.07) is 17.7. The van der Waals surface area contributed by atoms with Crippen LogP contribution in [0.1, 0.15) is 104 Å². The molecule has 0 saturated heterocycles. The highest BCUT2D eigenvalue weighted by Gasteiger charge is 2.41. The maximum atomic E-state index is 14.2. The predicted octanol–water partition coefficient (Wildman–Crippen LogP) is 8.82. The summed E-state index contributed by atoms with van der Waals surface area (Å²) in [6.45, 7) is 15.6. The van der Waals surface area contributed by atoms with E-state index in [1.165, 1.54) is 22.5 Å². The minimum absolute atomic E-state index is 0.240. The van der Waals surface area contributed by atoms with Crippen molar-refractivity contribution >= 4 is 39.8 Å². The number of hydrogen-bond acceptors (Lipinski definition) is 5. The first-order valence-electron chi connectivity index (χ1n) is 16.0. The largest absolute Gasteiger partial charge is 0.460 e. The van der Waals surface area contributed by atoms with Gasteiger partial charge in [-0.05, 0) is 81.9 Å². The second kappa shape index (κ2) is 13.7. The molecule has 234 valence electrons. The molecule has 0 radical (unpaired) electrons. The highest BCUT2D eigenvalue weighted by Crippen LogP contribution is 2.45. The molecule has 3 aromatic carbocycles. The van der Waals surface area contributed by atoms with Crippen molar-refractivity contribution in [1.82, 2.24) is 4.90 Å². The van der Waals surface area contributed by atoms with Crippen molar-refractivity contribution in [3.8, 4) is 0 Å². The van der Waals surface area contributed by atoms with Gasteiger partial charge in [-0.1, -0.05) is 73.9 Å². The van der Waals surface area contributed by atoms with Crippen molar-refractivity contribution in [2.75, 3.05) is 18.1 Å². The zero-order valence-corrected chi connectivity index (χ0v) is 27.0. The zero-order valence-electron chi connectivity index (χ0n) is 27.0. The molecule has 1 atom stereocenters. The molecule has 6 nitrogen and oxygen atoms in total. The fraction of sp³-hybridized carbons (Fsp3) is 0.359. The minimum atomic E-state index is -0.392. The van der Waals surface area contributed by atoms with Gasteiger partial charge in [0.05, 0.1) is 12.6 Å². The molecule has 0 spiro atoms. The Bertz CT molecular complexity index is 1670. The summed E-state index contributed by atoms with van der Waals surface area (Å²) in [4.78, 5) is 44.4. The Kier molecular flexibility index (Phi) is 9.71. The number of imide groups is 1. The highest BCUT2D eigenvalue weighted by atomic mass is 16.5. The first kappa shape index (κ1) is 32.0. The van der Waals surface area contributed by atoms with Crippen LogP contribution >= 0.6 is 0 Å². The molecule has 6 rings (SSSR count). The van der Waals surface area contributed by atoms with Crippen LogP contribution in [-0.2, 0) is 9.53 Å². The van der Waals surface area contributed by atoms with Gasteiger partial charge in [-0.25, -0.2) is 4.79 Å². The lowest BCUT2D eigenvalue weighted by Gasteiger charge is -2.39. The van der Waals surface area contributed by atoms with E-state index in [4.69, 9.17) is 4.74 Å². The average Bonchev–Trinajstić information content (AvgIpc) is 3.05. The Balaban J connectivity index is 0.00000128. The third kappa shape index (κ3) is 6.11. The van der Waals surface area contributed by atoms with Crippen LogP contribution in [0.4, 0.5) is 5.69 Å². The molecular weight excluding hydrogens is 560 g/mol. The highest BCUT2D eigenvalue weighted by molar-refractivity contribution is 6.27. The lowest BCUT2D eigenvalue weighted by atomic mass is 9.81. The number of hydrogen-bond donors (Lipinski definition) is 0. The lowest BCUT2D eigenvalue weighted by Crippen LogP contribution is -2.44. The van der Waals surface area contributed by atoms with Crippen LogP contribution in [-0.4, -0.2) is 41.9 Å². The van der Waals surface area contributed by atoms with Gasteiger partial charge in [0, 0.05) is 39.2 Å². The normalized spacial score (nSPS) is 17.8. The number of nitrogens with zero attached hydrogens (tertiary/aromatic N) is 2. The molecule has 1 saturated carbocycles. The van der Waals surface area contributed by atoms with Gasteiger partial charge in [0.2, 0.25) is 0 Å². The quantitative estimate of drug-likeness (QED) is 0.117. The van der Waals surface area contributed by atoms with Crippen LogP contribution < -0.4 is 4.90 Å². The molecule has 6 heteroatoms. The molecule has 3 aliphatic rings. The van der Waals surface area contributed by atoms with E-state index >= 15 is 0 Å². The number of ether oxygens (including phenoxy) is 1. The van der Waals surface area contributed by atoms with E-state index < -0.39 is 5.97 Å². The first-order valence-corrected chi connectivity index (χ1v) is 16.0. The summed E-state index contributed by atoms with van der Waals surface area (Å²) in [5, 5.41) is 1.60. The number of fused-ring (bicyclic) bond motifs is 1. The number of carbonyl (C=O) groups excluding carboxylic acids is 3. The summed E-state index contributed by atoms with van der Waals surface area (Å²) < 4.78 is 5.50. The average molecular weight is 605 g/mol. The van der Waals surface area contributed by atoms with Crippen LogP contribution in [0.15, 0.2) is 85.0 Å². The van der Waals surface area contributed by atoms with Gasteiger partial charge in [-0.15, -0.1) is 6.58 Å². The van der Waals surface area contributed by atoms with Crippen molar-refractivity contribution in [2.24, 2.45) is 0 Å². The van der Waals surface area contributed by atoms with Gasteiger partial charge in [0.25, 0.3) is 11.8 Å². The maximum absolute atomic E-state index is 14.2. The van der Waals surface area contributed by atoms with Gasteiger partial charge in [-0.2, -0.15) is 0 Å². The Morgan fingerprint density at radius 3 is 2.29 bits per heavy atom. The van der Waals surface area contributed by atoms with Gasteiger partial charge in [0.1, 0.15) is 6.61 Å². The smallest absolute Gasteiger partial charge is 0.333 e.